The number of hydrogen-bond acceptors (Lipinski definition) is 4. The van der Waals surface area contributed by atoms with Crippen LogP contribution in [-0.2, 0) is 4.74 Å². The third kappa shape index (κ3) is 3.73. The fourth-order valence-corrected chi connectivity index (χ4v) is 3.57. The molecule has 1 aromatic heterocycles. The van der Waals surface area contributed by atoms with E-state index >= 15 is 0 Å². The van der Waals surface area contributed by atoms with Crippen LogP contribution in [0.25, 0.3) is 0 Å². The zero-order valence-electron chi connectivity index (χ0n) is 12.5. The Labute approximate surface area is 134 Å². The number of halogens is 1. The first-order valence-electron chi connectivity index (χ1n) is 7.45. The molecule has 1 aromatic carbocycles. The lowest BCUT2D eigenvalue weighted by Crippen LogP contribution is -2.44. The highest BCUT2D eigenvalue weighted by Gasteiger charge is 2.28. The van der Waals surface area contributed by atoms with Crippen LogP contribution in [0.2, 0.25) is 0 Å². The Bertz CT molecular complexity index is 587. The molecule has 3 unspecified atom stereocenters. The number of morpholine rings is 1. The van der Waals surface area contributed by atoms with Gasteiger partial charge >= 0.3 is 0 Å². The van der Waals surface area contributed by atoms with Crippen molar-refractivity contribution in [1.82, 2.24) is 4.90 Å². The average molecular weight is 321 g/mol. The molecule has 1 saturated heterocycles. The van der Waals surface area contributed by atoms with E-state index in [1.165, 1.54) is 17.7 Å². The zero-order chi connectivity index (χ0) is 15.5. The molecule has 1 N–H and O–H groups in total. The number of thiophene rings is 1. The number of hydrogen-bond donors (Lipinski definition) is 1. The second-order valence-electron chi connectivity index (χ2n) is 5.78. The summed E-state index contributed by atoms with van der Waals surface area (Å²) in [6.45, 7) is 4.13. The highest BCUT2D eigenvalue weighted by molar-refractivity contribution is 7.07. The third-order valence-electron chi connectivity index (χ3n) is 3.94. The number of aliphatic hydroxyl groups excluding tert-OH is 1. The SMILES string of the molecule is CC1CN(CC(O)c2ccc(F)cc2)CC(c2ccsc2)O1. The summed E-state index contributed by atoms with van der Waals surface area (Å²) < 4.78 is 19.0. The molecule has 0 radical (unpaired) electrons. The minimum absolute atomic E-state index is 0.0513. The van der Waals surface area contributed by atoms with Gasteiger partial charge in [0, 0.05) is 19.6 Å². The highest BCUT2D eigenvalue weighted by atomic mass is 32.1. The lowest BCUT2D eigenvalue weighted by Gasteiger charge is -2.37. The van der Waals surface area contributed by atoms with Gasteiger partial charge < -0.3 is 9.84 Å². The molecule has 2 heterocycles. The molecule has 1 aliphatic rings. The van der Waals surface area contributed by atoms with Crippen LogP contribution >= 0.6 is 11.3 Å². The Balaban J connectivity index is 1.65. The number of benzene rings is 1. The van der Waals surface area contributed by atoms with E-state index in [0.29, 0.717) is 6.54 Å². The first kappa shape index (κ1) is 15.6. The standard InChI is InChI=1S/C17H20FNO2S/c1-12-8-19(10-17(21-12)14-6-7-22-11-14)9-16(20)13-2-4-15(18)5-3-13/h2-7,11-12,16-17,20H,8-10H2,1H3. The van der Waals surface area contributed by atoms with Gasteiger partial charge in [-0.15, -0.1) is 0 Å². The fourth-order valence-electron chi connectivity index (χ4n) is 2.87. The predicted molar refractivity (Wildman–Crippen MR) is 85.4 cm³/mol. The summed E-state index contributed by atoms with van der Waals surface area (Å²) in [4.78, 5) is 2.21. The Morgan fingerprint density at radius 1 is 1.32 bits per heavy atom. The highest BCUT2D eigenvalue weighted by Crippen LogP contribution is 2.28. The van der Waals surface area contributed by atoms with Gasteiger partial charge in [0.15, 0.2) is 0 Å². The lowest BCUT2D eigenvalue weighted by molar-refractivity contribution is -0.0868. The summed E-state index contributed by atoms with van der Waals surface area (Å²) in [7, 11) is 0. The van der Waals surface area contributed by atoms with Crippen molar-refractivity contribution in [1.29, 1.82) is 0 Å². The van der Waals surface area contributed by atoms with E-state index in [-0.39, 0.29) is 18.0 Å². The van der Waals surface area contributed by atoms with Crippen LogP contribution in [-0.4, -0.2) is 35.7 Å². The van der Waals surface area contributed by atoms with E-state index in [1.54, 1.807) is 23.5 Å². The van der Waals surface area contributed by atoms with Crippen LogP contribution in [0.5, 0.6) is 0 Å². The largest absolute Gasteiger partial charge is 0.387 e. The van der Waals surface area contributed by atoms with Crippen molar-refractivity contribution in [2.45, 2.75) is 25.2 Å². The molecule has 1 fully saturated rings. The molecule has 3 atom stereocenters. The van der Waals surface area contributed by atoms with Gasteiger partial charge in [0.05, 0.1) is 18.3 Å². The second-order valence-corrected chi connectivity index (χ2v) is 6.56. The minimum atomic E-state index is -0.617. The smallest absolute Gasteiger partial charge is 0.123 e. The molecule has 5 heteroatoms. The van der Waals surface area contributed by atoms with E-state index in [2.05, 4.69) is 28.7 Å². The predicted octanol–water partition coefficient (Wildman–Crippen LogP) is 3.38. The molecule has 0 amide bonds. The number of ether oxygens (including phenoxy) is 1. The zero-order valence-corrected chi connectivity index (χ0v) is 13.3. The maximum Gasteiger partial charge on any atom is 0.123 e. The number of aliphatic hydroxyl groups is 1. The van der Waals surface area contributed by atoms with Crippen LogP contribution in [0, 0.1) is 5.82 Å². The molecule has 0 aliphatic carbocycles. The Hall–Kier alpha value is -1.27. The number of β-amino-alcohol motifs (C(OH)–C–C–N with tert-alkyl or cyclic N) is 1. The monoisotopic (exact) mass is 321 g/mol. The molecule has 1 aliphatic heterocycles. The van der Waals surface area contributed by atoms with Crippen molar-refractivity contribution < 1.29 is 14.2 Å². The summed E-state index contributed by atoms with van der Waals surface area (Å²) in [5, 5.41) is 14.5. The van der Waals surface area contributed by atoms with E-state index in [1.807, 2.05) is 0 Å². The van der Waals surface area contributed by atoms with Crippen LogP contribution in [0.3, 0.4) is 0 Å². The van der Waals surface area contributed by atoms with Crippen LogP contribution < -0.4 is 0 Å². The van der Waals surface area contributed by atoms with Crippen molar-refractivity contribution in [3.63, 3.8) is 0 Å². The molecule has 3 rings (SSSR count). The lowest BCUT2D eigenvalue weighted by atomic mass is 10.1. The summed E-state index contributed by atoms with van der Waals surface area (Å²) in [5.74, 6) is -0.284. The summed E-state index contributed by atoms with van der Waals surface area (Å²) in [6, 6.07) is 8.13. The molecule has 2 aromatic rings. The Morgan fingerprint density at radius 3 is 2.77 bits per heavy atom. The van der Waals surface area contributed by atoms with E-state index in [9.17, 15) is 9.50 Å². The van der Waals surface area contributed by atoms with E-state index in [4.69, 9.17) is 4.74 Å². The summed E-state index contributed by atoms with van der Waals surface area (Å²) in [6.07, 6.45) is -0.441. The number of nitrogens with zero attached hydrogens (tertiary/aromatic N) is 1. The fraction of sp³-hybridized carbons (Fsp3) is 0.412. The van der Waals surface area contributed by atoms with Crippen LogP contribution in [0.4, 0.5) is 4.39 Å². The van der Waals surface area contributed by atoms with Gasteiger partial charge in [0.2, 0.25) is 0 Å². The van der Waals surface area contributed by atoms with E-state index < -0.39 is 6.10 Å². The van der Waals surface area contributed by atoms with Gasteiger partial charge in [-0.2, -0.15) is 11.3 Å². The van der Waals surface area contributed by atoms with Gasteiger partial charge in [-0.05, 0) is 47.0 Å². The molecule has 22 heavy (non-hydrogen) atoms. The third-order valence-corrected chi connectivity index (χ3v) is 4.64. The van der Waals surface area contributed by atoms with Crippen molar-refractivity contribution in [3.05, 3.63) is 58.0 Å². The average Bonchev–Trinajstić information content (AvgIpc) is 3.01. The topological polar surface area (TPSA) is 32.7 Å². The summed E-state index contributed by atoms with van der Waals surface area (Å²) >= 11 is 1.66. The number of rotatable bonds is 4. The Morgan fingerprint density at radius 2 is 2.09 bits per heavy atom. The second kappa shape index (κ2) is 6.87. The van der Waals surface area contributed by atoms with Gasteiger partial charge in [0.25, 0.3) is 0 Å². The van der Waals surface area contributed by atoms with Gasteiger partial charge in [-0.25, -0.2) is 4.39 Å². The first-order valence-corrected chi connectivity index (χ1v) is 8.39. The molecule has 118 valence electrons. The maximum absolute atomic E-state index is 13.0. The summed E-state index contributed by atoms with van der Waals surface area (Å²) in [5.41, 5.74) is 1.94. The van der Waals surface area contributed by atoms with Crippen LogP contribution in [0.15, 0.2) is 41.1 Å². The molecule has 0 bridgehead atoms. The van der Waals surface area contributed by atoms with Gasteiger partial charge in [-0.1, -0.05) is 12.1 Å². The molecule has 0 spiro atoms. The molecular weight excluding hydrogens is 301 g/mol. The van der Waals surface area contributed by atoms with Crippen molar-refractivity contribution in [3.8, 4) is 0 Å². The first-order chi connectivity index (χ1) is 10.6. The Kier molecular flexibility index (Phi) is 4.88. The van der Waals surface area contributed by atoms with Crippen molar-refractivity contribution in [2.24, 2.45) is 0 Å². The quantitative estimate of drug-likeness (QED) is 0.937. The van der Waals surface area contributed by atoms with Crippen LogP contribution in [0.1, 0.15) is 30.3 Å². The minimum Gasteiger partial charge on any atom is -0.387 e. The van der Waals surface area contributed by atoms with Gasteiger partial charge in [-0.3, -0.25) is 4.90 Å². The van der Waals surface area contributed by atoms with Gasteiger partial charge in [0.1, 0.15) is 5.82 Å². The normalized spacial score (nSPS) is 24.3. The van der Waals surface area contributed by atoms with Crippen molar-refractivity contribution in [2.75, 3.05) is 19.6 Å². The molecular formula is C17H20FNO2S. The molecule has 0 saturated carbocycles. The maximum atomic E-state index is 13.0. The van der Waals surface area contributed by atoms with E-state index in [0.717, 1.165) is 18.7 Å². The van der Waals surface area contributed by atoms with Crippen molar-refractivity contribution >= 4 is 11.3 Å². The molecule has 3 nitrogen and oxygen atoms in total.